The summed E-state index contributed by atoms with van der Waals surface area (Å²) >= 11 is 0. The molecule has 1 atom stereocenters. The van der Waals surface area contributed by atoms with Crippen LogP contribution in [0.1, 0.15) is 34.8 Å². The van der Waals surface area contributed by atoms with Crippen LogP contribution < -0.4 is 19.5 Å². The number of benzene rings is 2. The van der Waals surface area contributed by atoms with E-state index in [0.29, 0.717) is 23.6 Å². The van der Waals surface area contributed by atoms with Gasteiger partial charge in [0.1, 0.15) is 5.75 Å². The van der Waals surface area contributed by atoms with Crippen molar-refractivity contribution in [2.75, 3.05) is 33.5 Å². The molecule has 1 unspecified atom stereocenters. The van der Waals surface area contributed by atoms with Gasteiger partial charge in [-0.25, -0.2) is 0 Å². The van der Waals surface area contributed by atoms with E-state index >= 15 is 0 Å². The highest BCUT2D eigenvalue weighted by Gasteiger charge is 2.25. The van der Waals surface area contributed by atoms with Gasteiger partial charge in [0.05, 0.1) is 13.2 Å². The van der Waals surface area contributed by atoms with Crippen molar-refractivity contribution >= 4 is 5.91 Å². The number of methoxy groups -OCH3 is 1. The maximum Gasteiger partial charge on any atom is 0.251 e. The van der Waals surface area contributed by atoms with Crippen molar-refractivity contribution in [3.8, 4) is 17.2 Å². The average Bonchev–Trinajstić information content (AvgIpc) is 3.39. The fourth-order valence-corrected chi connectivity index (χ4v) is 3.69. The SMILES string of the molecule is COc1cccc(C(CNC(=O)c2ccc3c(c2)OCO3)N2CCCC2)c1. The molecule has 27 heavy (non-hydrogen) atoms. The molecule has 0 bridgehead atoms. The Labute approximate surface area is 159 Å². The van der Waals surface area contributed by atoms with Gasteiger partial charge in [-0.1, -0.05) is 12.1 Å². The van der Waals surface area contributed by atoms with E-state index in [1.165, 1.54) is 12.8 Å². The second-order valence-corrected chi connectivity index (χ2v) is 6.81. The topological polar surface area (TPSA) is 60.0 Å². The highest BCUT2D eigenvalue weighted by Crippen LogP contribution is 2.32. The van der Waals surface area contributed by atoms with E-state index in [1.807, 2.05) is 12.1 Å². The van der Waals surface area contributed by atoms with Crippen molar-refractivity contribution in [3.05, 3.63) is 53.6 Å². The van der Waals surface area contributed by atoms with E-state index in [1.54, 1.807) is 25.3 Å². The lowest BCUT2D eigenvalue weighted by molar-refractivity contribution is 0.0937. The fraction of sp³-hybridized carbons (Fsp3) is 0.381. The van der Waals surface area contributed by atoms with Crippen LogP contribution in [0.15, 0.2) is 42.5 Å². The first-order chi connectivity index (χ1) is 13.2. The molecule has 6 nitrogen and oxygen atoms in total. The maximum atomic E-state index is 12.7. The van der Waals surface area contributed by atoms with Gasteiger partial charge in [-0.3, -0.25) is 9.69 Å². The second-order valence-electron chi connectivity index (χ2n) is 6.81. The normalized spacial score (nSPS) is 16.9. The summed E-state index contributed by atoms with van der Waals surface area (Å²) in [7, 11) is 1.67. The van der Waals surface area contributed by atoms with Gasteiger partial charge in [0.15, 0.2) is 11.5 Å². The zero-order valence-corrected chi connectivity index (χ0v) is 15.4. The Hall–Kier alpha value is -2.73. The molecule has 0 radical (unpaired) electrons. The number of likely N-dealkylation sites (tertiary alicyclic amines) is 1. The zero-order chi connectivity index (χ0) is 18.6. The first kappa shape index (κ1) is 17.7. The summed E-state index contributed by atoms with van der Waals surface area (Å²) in [5.41, 5.74) is 1.73. The molecule has 1 saturated heterocycles. The molecular formula is C21H24N2O4. The Bertz CT molecular complexity index is 818. The number of nitrogens with one attached hydrogen (secondary N) is 1. The molecule has 142 valence electrons. The van der Waals surface area contributed by atoms with Crippen LogP contribution in [0.4, 0.5) is 0 Å². The molecule has 0 aliphatic carbocycles. The van der Waals surface area contributed by atoms with E-state index < -0.39 is 0 Å². The summed E-state index contributed by atoms with van der Waals surface area (Å²) < 4.78 is 16.0. The number of ether oxygens (including phenoxy) is 3. The third-order valence-electron chi connectivity index (χ3n) is 5.15. The average molecular weight is 368 g/mol. The van der Waals surface area contributed by atoms with E-state index in [2.05, 4.69) is 22.3 Å². The number of nitrogens with zero attached hydrogens (tertiary/aromatic N) is 1. The van der Waals surface area contributed by atoms with E-state index in [0.717, 1.165) is 24.4 Å². The van der Waals surface area contributed by atoms with E-state index in [-0.39, 0.29) is 18.7 Å². The summed E-state index contributed by atoms with van der Waals surface area (Å²) in [6.07, 6.45) is 2.38. The van der Waals surface area contributed by atoms with Gasteiger partial charge in [0.25, 0.3) is 5.91 Å². The van der Waals surface area contributed by atoms with Crippen molar-refractivity contribution in [1.29, 1.82) is 0 Å². The number of amides is 1. The Balaban J connectivity index is 1.48. The Morgan fingerprint density at radius 3 is 2.78 bits per heavy atom. The van der Waals surface area contributed by atoms with Crippen molar-refractivity contribution in [1.82, 2.24) is 10.2 Å². The highest BCUT2D eigenvalue weighted by atomic mass is 16.7. The molecule has 2 heterocycles. The molecule has 0 saturated carbocycles. The fourth-order valence-electron chi connectivity index (χ4n) is 3.69. The van der Waals surface area contributed by atoms with Gasteiger partial charge in [-0.15, -0.1) is 0 Å². The minimum absolute atomic E-state index is 0.111. The third-order valence-corrected chi connectivity index (χ3v) is 5.15. The summed E-state index contributed by atoms with van der Waals surface area (Å²) in [4.78, 5) is 15.1. The van der Waals surface area contributed by atoms with Crippen molar-refractivity contribution in [2.45, 2.75) is 18.9 Å². The van der Waals surface area contributed by atoms with Crippen LogP contribution in [0.25, 0.3) is 0 Å². The van der Waals surface area contributed by atoms with Gasteiger partial charge in [-0.2, -0.15) is 0 Å². The van der Waals surface area contributed by atoms with Crippen molar-refractivity contribution in [3.63, 3.8) is 0 Å². The lowest BCUT2D eigenvalue weighted by Gasteiger charge is -2.28. The minimum atomic E-state index is -0.111. The standard InChI is InChI=1S/C21H24N2O4/c1-25-17-6-4-5-15(11-17)18(23-9-2-3-10-23)13-22-21(24)16-7-8-19-20(12-16)27-14-26-19/h4-8,11-12,18H,2-3,9-10,13-14H2,1H3,(H,22,24). The largest absolute Gasteiger partial charge is 0.497 e. The molecular weight excluding hydrogens is 344 g/mol. The maximum absolute atomic E-state index is 12.7. The number of hydrogen-bond donors (Lipinski definition) is 1. The Kier molecular flexibility index (Phi) is 5.16. The highest BCUT2D eigenvalue weighted by molar-refractivity contribution is 5.95. The van der Waals surface area contributed by atoms with Gasteiger partial charge in [-0.05, 0) is 61.8 Å². The second kappa shape index (κ2) is 7.88. The summed E-state index contributed by atoms with van der Waals surface area (Å²) in [6, 6.07) is 13.5. The first-order valence-corrected chi connectivity index (χ1v) is 9.30. The molecule has 2 aliphatic heterocycles. The lowest BCUT2D eigenvalue weighted by atomic mass is 10.0. The van der Waals surface area contributed by atoms with Crippen LogP contribution in [-0.4, -0.2) is 44.3 Å². The van der Waals surface area contributed by atoms with Crippen LogP contribution >= 0.6 is 0 Å². The zero-order valence-electron chi connectivity index (χ0n) is 15.4. The van der Waals surface area contributed by atoms with Gasteiger partial charge in [0, 0.05) is 12.1 Å². The predicted molar refractivity (Wildman–Crippen MR) is 101 cm³/mol. The lowest BCUT2D eigenvalue weighted by Crippen LogP contribution is -2.36. The number of rotatable bonds is 6. The molecule has 1 N–H and O–H groups in total. The predicted octanol–water partition coefficient (Wildman–Crippen LogP) is 2.99. The van der Waals surface area contributed by atoms with E-state index in [4.69, 9.17) is 14.2 Å². The number of carbonyl (C=O) groups excluding carboxylic acids is 1. The van der Waals surface area contributed by atoms with Crippen LogP contribution in [0.2, 0.25) is 0 Å². The van der Waals surface area contributed by atoms with Crippen LogP contribution in [-0.2, 0) is 0 Å². The number of fused-ring (bicyclic) bond motifs is 1. The number of carbonyl (C=O) groups is 1. The molecule has 0 spiro atoms. The van der Waals surface area contributed by atoms with Gasteiger partial charge in [0.2, 0.25) is 6.79 Å². The molecule has 1 amide bonds. The molecule has 4 rings (SSSR count). The monoisotopic (exact) mass is 368 g/mol. The summed E-state index contributed by atoms with van der Waals surface area (Å²) in [5, 5.41) is 3.09. The summed E-state index contributed by atoms with van der Waals surface area (Å²) in [6.45, 7) is 2.83. The molecule has 2 aliphatic rings. The van der Waals surface area contributed by atoms with Crippen molar-refractivity contribution < 1.29 is 19.0 Å². The van der Waals surface area contributed by atoms with E-state index in [9.17, 15) is 4.79 Å². The van der Waals surface area contributed by atoms with Gasteiger partial charge >= 0.3 is 0 Å². The van der Waals surface area contributed by atoms with Gasteiger partial charge < -0.3 is 19.5 Å². The molecule has 1 fully saturated rings. The van der Waals surface area contributed by atoms with Crippen LogP contribution in [0.5, 0.6) is 17.2 Å². The summed E-state index contributed by atoms with van der Waals surface area (Å²) in [5.74, 6) is 2.02. The third kappa shape index (κ3) is 3.85. The molecule has 0 aromatic heterocycles. The molecule has 2 aromatic rings. The first-order valence-electron chi connectivity index (χ1n) is 9.30. The van der Waals surface area contributed by atoms with Crippen LogP contribution in [0.3, 0.4) is 0 Å². The number of hydrogen-bond acceptors (Lipinski definition) is 5. The quantitative estimate of drug-likeness (QED) is 0.849. The Morgan fingerprint density at radius 1 is 1.15 bits per heavy atom. The van der Waals surface area contributed by atoms with Crippen molar-refractivity contribution in [2.24, 2.45) is 0 Å². The molecule has 2 aromatic carbocycles. The smallest absolute Gasteiger partial charge is 0.251 e. The molecule has 6 heteroatoms. The minimum Gasteiger partial charge on any atom is -0.497 e. The Morgan fingerprint density at radius 2 is 1.96 bits per heavy atom. The van der Waals surface area contributed by atoms with Crippen LogP contribution in [0, 0.1) is 0 Å².